The van der Waals surface area contributed by atoms with Crippen molar-refractivity contribution in [3.05, 3.63) is 76.7 Å². The van der Waals surface area contributed by atoms with E-state index in [1.165, 1.54) is 11.3 Å². The van der Waals surface area contributed by atoms with E-state index >= 15 is 0 Å². The van der Waals surface area contributed by atoms with Crippen LogP contribution in [0, 0.1) is 0 Å². The minimum Gasteiger partial charge on any atom is -0.497 e. The minimum atomic E-state index is -0.911. The van der Waals surface area contributed by atoms with Gasteiger partial charge in [-0.25, -0.2) is 0 Å². The Kier molecular flexibility index (Phi) is 6.04. The standard InChI is InChI=1S/C22H20O4S/c1-26-18-10-8-16(9-11-18)22-17(14-21(24)25)13-20(27-22)19(23)12-7-15-5-3-2-4-6-15/h2-6,8-11,13H,7,12,14H2,1H3,(H,24,25). The van der Waals surface area contributed by atoms with Crippen molar-refractivity contribution in [1.29, 1.82) is 0 Å². The van der Waals surface area contributed by atoms with Gasteiger partial charge in [-0.2, -0.15) is 0 Å². The van der Waals surface area contributed by atoms with Crippen LogP contribution >= 0.6 is 11.3 Å². The van der Waals surface area contributed by atoms with E-state index in [0.29, 0.717) is 23.3 Å². The Bertz CT molecular complexity index is 927. The van der Waals surface area contributed by atoms with E-state index in [2.05, 4.69) is 0 Å². The third-order valence-corrected chi connectivity index (χ3v) is 5.53. The quantitative estimate of drug-likeness (QED) is 0.567. The number of aryl methyl sites for hydroxylation is 1. The average molecular weight is 380 g/mol. The van der Waals surface area contributed by atoms with E-state index in [1.807, 2.05) is 54.6 Å². The van der Waals surface area contributed by atoms with Crippen molar-refractivity contribution < 1.29 is 19.4 Å². The summed E-state index contributed by atoms with van der Waals surface area (Å²) in [4.78, 5) is 25.3. The Morgan fingerprint density at radius 3 is 2.37 bits per heavy atom. The van der Waals surface area contributed by atoms with Gasteiger partial charge in [0, 0.05) is 11.3 Å². The molecule has 0 bridgehead atoms. The molecule has 4 nitrogen and oxygen atoms in total. The Labute approximate surface area is 162 Å². The average Bonchev–Trinajstić information content (AvgIpc) is 3.10. The van der Waals surface area contributed by atoms with E-state index in [4.69, 9.17) is 4.74 Å². The van der Waals surface area contributed by atoms with Gasteiger partial charge in [0.2, 0.25) is 0 Å². The summed E-state index contributed by atoms with van der Waals surface area (Å²) in [5, 5.41) is 9.22. The molecular formula is C22H20O4S. The first-order valence-electron chi connectivity index (χ1n) is 8.63. The lowest BCUT2D eigenvalue weighted by Gasteiger charge is -2.04. The summed E-state index contributed by atoms with van der Waals surface area (Å²) in [7, 11) is 1.60. The first kappa shape index (κ1) is 18.9. The number of hydrogen-bond acceptors (Lipinski definition) is 4. The fourth-order valence-corrected chi connectivity index (χ4v) is 4.03. The molecule has 138 valence electrons. The molecule has 1 aromatic heterocycles. The fraction of sp³-hybridized carbons (Fsp3) is 0.182. The van der Waals surface area contributed by atoms with Crippen molar-refractivity contribution in [3.63, 3.8) is 0 Å². The maximum atomic E-state index is 12.6. The van der Waals surface area contributed by atoms with Crippen LogP contribution in [-0.2, 0) is 17.6 Å². The van der Waals surface area contributed by atoms with Crippen molar-refractivity contribution in [3.8, 4) is 16.2 Å². The molecule has 27 heavy (non-hydrogen) atoms. The van der Waals surface area contributed by atoms with Crippen LogP contribution in [0.25, 0.3) is 10.4 Å². The van der Waals surface area contributed by atoms with E-state index < -0.39 is 5.97 Å². The van der Waals surface area contributed by atoms with Gasteiger partial charge in [-0.05, 0) is 53.4 Å². The van der Waals surface area contributed by atoms with Gasteiger partial charge in [-0.15, -0.1) is 11.3 Å². The molecule has 0 unspecified atom stereocenters. The van der Waals surface area contributed by atoms with Crippen molar-refractivity contribution in [2.45, 2.75) is 19.3 Å². The second-order valence-corrected chi connectivity index (χ2v) is 7.23. The molecule has 5 heteroatoms. The Balaban J connectivity index is 1.84. The highest BCUT2D eigenvalue weighted by Crippen LogP contribution is 2.35. The van der Waals surface area contributed by atoms with Crippen LogP contribution in [0.4, 0.5) is 0 Å². The number of ketones is 1. The molecule has 0 aliphatic rings. The first-order chi connectivity index (χ1) is 13.1. The van der Waals surface area contributed by atoms with E-state index in [9.17, 15) is 14.7 Å². The molecule has 0 atom stereocenters. The van der Waals surface area contributed by atoms with Crippen LogP contribution in [-0.4, -0.2) is 24.0 Å². The number of ether oxygens (including phenoxy) is 1. The van der Waals surface area contributed by atoms with Gasteiger partial charge < -0.3 is 9.84 Å². The molecule has 0 spiro atoms. The molecule has 1 heterocycles. The summed E-state index contributed by atoms with van der Waals surface area (Å²) in [5.74, 6) is -0.143. The summed E-state index contributed by atoms with van der Waals surface area (Å²) < 4.78 is 5.17. The summed E-state index contributed by atoms with van der Waals surface area (Å²) in [6.07, 6.45) is 0.965. The van der Waals surface area contributed by atoms with E-state index in [0.717, 1.165) is 21.8 Å². The lowest BCUT2D eigenvalue weighted by atomic mass is 10.0. The van der Waals surface area contributed by atoms with Crippen LogP contribution in [0.3, 0.4) is 0 Å². The first-order valence-corrected chi connectivity index (χ1v) is 9.44. The minimum absolute atomic E-state index is 0.0373. The van der Waals surface area contributed by atoms with Crippen molar-refractivity contribution in [1.82, 2.24) is 0 Å². The zero-order chi connectivity index (χ0) is 19.2. The molecule has 0 aliphatic heterocycles. The van der Waals surface area contributed by atoms with Crippen LogP contribution in [0.5, 0.6) is 5.75 Å². The molecule has 3 aromatic rings. The summed E-state index contributed by atoms with van der Waals surface area (Å²) >= 11 is 1.36. The molecule has 3 rings (SSSR count). The van der Waals surface area contributed by atoms with Crippen LogP contribution in [0.1, 0.15) is 27.2 Å². The number of carbonyl (C=O) groups is 2. The van der Waals surface area contributed by atoms with Gasteiger partial charge in [0.1, 0.15) is 5.75 Å². The third kappa shape index (κ3) is 4.83. The maximum Gasteiger partial charge on any atom is 0.307 e. The van der Waals surface area contributed by atoms with Gasteiger partial charge >= 0.3 is 5.97 Å². The number of methoxy groups -OCH3 is 1. The zero-order valence-corrected chi connectivity index (χ0v) is 15.8. The Hall–Kier alpha value is -2.92. The normalized spacial score (nSPS) is 10.6. The smallest absolute Gasteiger partial charge is 0.307 e. The summed E-state index contributed by atoms with van der Waals surface area (Å²) in [5.41, 5.74) is 2.67. The zero-order valence-electron chi connectivity index (χ0n) is 15.0. The molecule has 0 fully saturated rings. The van der Waals surface area contributed by atoms with Gasteiger partial charge in [0.25, 0.3) is 0 Å². The summed E-state index contributed by atoms with van der Waals surface area (Å²) in [6.45, 7) is 0. The van der Waals surface area contributed by atoms with E-state index in [-0.39, 0.29) is 12.2 Å². The highest BCUT2D eigenvalue weighted by atomic mass is 32.1. The van der Waals surface area contributed by atoms with Gasteiger partial charge in [-0.1, -0.05) is 30.3 Å². The van der Waals surface area contributed by atoms with Gasteiger partial charge in [0.05, 0.1) is 18.4 Å². The number of carboxylic acid groups (broad SMARTS) is 1. The number of thiophene rings is 1. The molecule has 0 aliphatic carbocycles. The van der Waals surface area contributed by atoms with Crippen LogP contribution < -0.4 is 4.74 Å². The van der Waals surface area contributed by atoms with Crippen molar-refractivity contribution in [2.75, 3.05) is 7.11 Å². The Morgan fingerprint density at radius 1 is 1.04 bits per heavy atom. The lowest BCUT2D eigenvalue weighted by Crippen LogP contribution is -2.01. The van der Waals surface area contributed by atoms with E-state index in [1.54, 1.807) is 13.2 Å². The number of Topliss-reactive ketones (excluding diaryl/α,β-unsaturated/α-hetero) is 1. The number of carbonyl (C=O) groups excluding carboxylic acids is 1. The lowest BCUT2D eigenvalue weighted by molar-refractivity contribution is -0.136. The number of benzene rings is 2. The molecule has 0 saturated carbocycles. The number of aliphatic carboxylic acids is 1. The topological polar surface area (TPSA) is 63.6 Å². The van der Waals surface area contributed by atoms with Crippen LogP contribution in [0.15, 0.2) is 60.7 Å². The SMILES string of the molecule is COc1ccc(-c2sc(C(=O)CCc3ccccc3)cc2CC(=O)O)cc1. The molecule has 1 N–H and O–H groups in total. The van der Waals surface area contributed by atoms with Crippen LogP contribution in [0.2, 0.25) is 0 Å². The third-order valence-electron chi connectivity index (χ3n) is 4.26. The Morgan fingerprint density at radius 2 is 1.74 bits per heavy atom. The predicted molar refractivity (Wildman–Crippen MR) is 107 cm³/mol. The van der Waals surface area contributed by atoms with Gasteiger partial charge in [-0.3, -0.25) is 9.59 Å². The molecule has 0 amide bonds. The molecule has 0 radical (unpaired) electrons. The predicted octanol–water partition coefficient (Wildman–Crippen LogP) is 4.87. The second kappa shape index (κ2) is 8.64. The summed E-state index contributed by atoms with van der Waals surface area (Å²) in [6, 6.07) is 19.0. The highest BCUT2D eigenvalue weighted by molar-refractivity contribution is 7.17. The van der Waals surface area contributed by atoms with Crippen molar-refractivity contribution >= 4 is 23.1 Å². The maximum absolute atomic E-state index is 12.6. The van der Waals surface area contributed by atoms with Gasteiger partial charge in [0.15, 0.2) is 5.78 Å². The second-order valence-electron chi connectivity index (χ2n) is 6.17. The molecular weight excluding hydrogens is 360 g/mol. The molecule has 0 saturated heterocycles. The number of hydrogen-bond donors (Lipinski definition) is 1. The number of carboxylic acids is 1. The van der Waals surface area contributed by atoms with Crippen molar-refractivity contribution in [2.24, 2.45) is 0 Å². The monoisotopic (exact) mass is 380 g/mol. The highest BCUT2D eigenvalue weighted by Gasteiger charge is 2.18. The largest absolute Gasteiger partial charge is 0.497 e. The fourth-order valence-electron chi connectivity index (χ4n) is 2.87. The number of rotatable bonds is 8. The molecule has 2 aromatic carbocycles.